The van der Waals surface area contributed by atoms with Crippen molar-refractivity contribution in [2.24, 2.45) is 10.9 Å². The van der Waals surface area contributed by atoms with Crippen molar-refractivity contribution in [3.63, 3.8) is 0 Å². The van der Waals surface area contributed by atoms with Crippen molar-refractivity contribution in [2.45, 2.75) is 51.4 Å². The van der Waals surface area contributed by atoms with E-state index in [0.717, 1.165) is 25.0 Å². The maximum atomic E-state index is 12.3. The van der Waals surface area contributed by atoms with Crippen LogP contribution in [0.15, 0.2) is 4.99 Å². The van der Waals surface area contributed by atoms with Gasteiger partial charge in [0.15, 0.2) is 5.72 Å². The Morgan fingerprint density at radius 3 is 2.81 bits per heavy atom. The molecule has 0 aromatic carbocycles. The summed E-state index contributed by atoms with van der Waals surface area (Å²) in [5.41, 5.74) is -0.976. The van der Waals surface area contributed by atoms with Crippen LogP contribution in [0.25, 0.3) is 0 Å². The number of aliphatic imine (C=N–C) groups is 1. The number of alkyl halides is 2. The largest absolute Gasteiger partial charge is 0.347 e. The van der Waals surface area contributed by atoms with Gasteiger partial charge in [0.2, 0.25) is 0 Å². The van der Waals surface area contributed by atoms with Crippen LogP contribution >= 0.6 is 12.6 Å². The average molecular weight is 251 g/mol. The molecule has 0 N–H and O–H groups in total. The summed E-state index contributed by atoms with van der Waals surface area (Å²) in [5, 5.41) is 0. The zero-order chi connectivity index (χ0) is 12.0. The van der Waals surface area contributed by atoms with Crippen molar-refractivity contribution in [2.75, 3.05) is 5.75 Å². The molecule has 0 spiro atoms. The highest BCUT2D eigenvalue weighted by Gasteiger charge is 2.35. The molecule has 0 aliphatic carbocycles. The third-order valence-electron chi connectivity index (χ3n) is 2.88. The Balaban J connectivity index is 2.63. The Labute approximate surface area is 101 Å². The van der Waals surface area contributed by atoms with Crippen molar-refractivity contribution < 1.29 is 13.5 Å². The third kappa shape index (κ3) is 4.01. The first-order valence-electron chi connectivity index (χ1n) is 5.74. The Morgan fingerprint density at radius 1 is 1.62 bits per heavy atom. The van der Waals surface area contributed by atoms with Crippen molar-refractivity contribution in [3.05, 3.63) is 0 Å². The van der Waals surface area contributed by atoms with Gasteiger partial charge in [-0.3, -0.25) is 9.73 Å². The number of hydrogen-bond donors (Lipinski definition) is 1. The van der Waals surface area contributed by atoms with Gasteiger partial charge >= 0.3 is 6.61 Å². The van der Waals surface area contributed by atoms with E-state index in [1.807, 2.05) is 6.92 Å². The monoisotopic (exact) mass is 251 g/mol. The Morgan fingerprint density at radius 2 is 2.38 bits per heavy atom. The van der Waals surface area contributed by atoms with Gasteiger partial charge in [-0.25, -0.2) is 0 Å². The second kappa shape index (κ2) is 6.55. The summed E-state index contributed by atoms with van der Waals surface area (Å²) < 4.78 is 29.3. The fourth-order valence-corrected chi connectivity index (χ4v) is 2.40. The normalized spacial score (nSPS) is 29.9. The van der Waals surface area contributed by atoms with E-state index in [1.165, 1.54) is 0 Å². The summed E-state index contributed by atoms with van der Waals surface area (Å²) >= 11 is 4.16. The number of halogens is 2. The maximum Gasteiger partial charge on any atom is 0.347 e. The molecule has 0 aromatic heterocycles. The van der Waals surface area contributed by atoms with Crippen LogP contribution in [-0.4, -0.2) is 24.3 Å². The lowest BCUT2D eigenvalue weighted by Gasteiger charge is -2.34. The number of rotatable bonds is 6. The van der Waals surface area contributed by atoms with Crippen molar-refractivity contribution >= 4 is 18.8 Å². The van der Waals surface area contributed by atoms with Gasteiger partial charge in [-0.2, -0.15) is 21.4 Å². The summed E-state index contributed by atoms with van der Waals surface area (Å²) in [7, 11) is 0. The lowest BCUT2D eigenvalue weighted by atomic mass is 9.91. The summed E-state index contributed by atoms with van der Waals surface area (Å²) in [6.07, 6.45) is 5.51. The first kappa shape index (κ1) is 13.9. The molecule has 0 saturated heterocycles. The Bertz CT molecular complexity index is 238. The second-order valence-electron chi connectivity index (χ2n) is 4.16. The van der Waals surface area contributed by atoms with Gasteiger partial charge in [-0.15, -0.1) is 0 Å². The molecule has 94 valence electrons. The Kier molecular flexibility index (Phi) is 5.69. The number of ether oxygens (including phenoxy) is 1. The molecule has 0 bridgehead atoms. The average Bonchev–Trinajstić information content (AvgIpc) is 2.21. The minimum absolute atomic E-state index is 0.365. The fourth-order valence-electron chi connectivity index (χ4n) is 2.07. The topological polar surface area (TPSA) is 21.6 Å². The molecule has 1 rings (SSSR count). The number of nitrogens with zero attached hydrogens (tertiary/aromatic N) is 1. The molecule has 2 unspecified atom stereocenters. The highest BCUT2D eigenvalue weighted by molar-refractivity contribution is 7.80. The predicted octanol–water partition coefficient (Wildman–Crippen LogP) is 3.52. The lowest BCUT2D eigenvalue weighted by molar-refractivity contribution is -0.213. The molecule has 0 amide bonds. The maximum absolute atomic E-state index is 12.3. The smallest absolute Gasteiger partial charge is 0.294 e. The van der Waals surface area contributed by atoms with Gasteiger partial charge in [0.25, 0.3) is 0 Å². The Hall–Kier alpha value is -0.160. The second-order valence-corrected chi connectivity index (χ2v) is 4.61. The van der Waals surface area contributed by atoms with Crippen LogP contribution in [0.2, 0.25) is 0 Å². The van der Waals surface area contributed by atoms with Gasteiger partial charge in [0, 0.05) is 6.21 Å². The standard InChI is InChI=1S/C11H19F2NOS/c1-2-5-11(15-10(12)13)6-3-9(4-7-16)8-14-11/h8-10,16H,2-7H2,1H3. The van der Waals surface area contributed by atoms with Crippen molar-refractivity contribution in [1.82, 2.24) is 0 Å². The van der Waals surface area contributed by atoms with E-state index in [2.05, 4.69) is 17.6 Å². The minimum atomic E-state index is -2.75. The van der Waals surface area contributed by atoms with Crippen LogP contribution in [0.5, 0.6) is 0 Å². The lowest BCUT2D eigenvalue weighted by Crippen LogP contribution is -2.36. The summed E-state index contributed by atoms with van der Waals surface area (Å²) in [6, 6.07) is 0. The van der Waals surface area contributed by atoms with Gasteiger partial charge in [0.05, 0.1) is 0 Å². The van der Waals surface area contributed by atoms with E-state index < -0.39 is 12.3 Å². The molecule has 1 aliphatic heterocycles. The molecule has 0 radical (unpaired) electrons. The number of thiol groups is 1. The third-order valence-corrected chi connectivity index (χ3v) is 3.13. The van der Waals surface area contributed by atoms with Crippen LogP contribution in [0.4, 0.5) is 8.78 Å². The predicted molar refractivity (Wildman–Crippen MR) is 64.4 cm³/mol. The summed E-state index contributed by atoms with van der Waals surface area (Å²) in [6.45, 7) is -0.795. The first-order valence-corrected chi connectivity index (χ1v) is 6.37. The molecule has 1 heterocycles. The number of hydrogen-bond acceptors (Lipinski definition) is 3. The highest BCUT2D eigenvalue weighted by atomic mass is 32.1. The highest BCUT2D eigenvalue weighted by Crippen LogP contribution is 2.33. The van der Waals surface area contributed by atoms with Crippen LogP contribution in [0.3, 0.4) is 0 Å². The fraction of sp³-hybridized carbons (Fsp3) is 0.909. The van der Waals surface area contributed by atoms with E-state index in [-0.39, 0.29) is 0 Å². The molecule has 2 atom stereocenters. The molecular formula is C11H19F2NOS. The zero-order valence-corrected chi connectivity index (χ0v) is 10.4. The van der Waals surface area contributed by atoms with E-state index in [4.69, 9.17) is 4.74 Å². The van der Waals surface area contributed by atoms with Crippen LogP contribution < -0.4 is 0 Å². The molecule has 0 fully saturated rings. The molecule has 2 nitrogen and oxygen atoms in total. The van der Waals surface area contributed by atoms with E-state index in [9.17, 15) is 8.78 Å². The molecular weight excluding hydrogens is 232 g/mol. The van der Waals surface area contributed by atoms with Crippen LogP contribution in [0.1, 0.15) is 39.0 Å². The molecule has 1 aliphatic rings. The molecule has 0 saturated carbocycles. The molecule has 0 aromatic rings. The van der Waals surface area contributed by atoms with Crippen LogP contribution in [0, 0.1) is 5.92 Å². The summed E-state index contributed by atoms with van der Waals surface area (Å²) in [4.78, 5) is 4.23. The molecule has 5 heteroatoms. The molecule has 16 heavy (non-hydrogen) atoms. The minimum Gasteiger partial charge on any atom is -0.294 e. The van der Waals surface area contributed by atoms with Crippen LogP contribution in [-0.2, 0) is 4.74 Å². The van der Waals surface area contributed by atoms with Gasteiger partial charge in [0.1, 0.15) is 0 Å². The van der Waals surface area contributed by atoms with Gasteiger partial charge < -0.3 is 0 Å². The van der Waals surface area contributed by atoms with Gasteiger partial charge in [-0.1, -0.05) is 13.3 Å². The van der Waals surface area contributed by atoms with Crippen molar-refractivity contribution in [1.29, 1.82) is 0 Å². The zero-order valence-electron chi connectivity index (χ0n) is 9.53. The summed E-state index contributed by atoms with van der Waals surface area (Å²) in [5.74, 6) is 1.16. The van der Waals surface area contributed by atoms with E-state index >= 15 is 0 Å². The SMILES string of the molecule is CCCC1(OC(F)F)CCC(CCS)C=N1. The first-order chi connectivity index (χ1) is 7.62. The van der Waals surface area contributed by atoms with Crippen molar-refractivity contribution in [3.8, 4) is 0 Å². The van der Waals surface area contributed by atoms with E-state index in [1.54, 1.807) is 6.21 Å². The van der Waals surface area contributed by atoms with Gasteiger partial charge in [-0.05, 0) is 37.4 Å². The quantitative estimate of drug-likeness (QED) is 0.717. The van der Waals surface area contributed by atoms with E-state index in [0.29, 0.717) is 18.8 Å².